The maximum Gasteiger partial charge on any atom is 0.573 e. The average Bonchev–Trinajstić information content (AvgIpc) is 2.87. The second kappa shape index (κ2) is 12.2. The molecule has 0 bridgehead atoms. The van der Waals surface area contributed by atoms with Gasteiger partial charge >= 0.3 is 18.4 Å². The van der Waals surface area contributed by atoms with Crippen LogP contribution in [-0.2, 0) is 16.6 Å². The van der Waals surface area contributed by atoms with Crippen LogP contribution in [0.3, 0.4) is 0 Å². The molecule has 0 aliphatic rings. The number of hydrogen-bond donors (Lipinski definition) is 3. The molecule has 0 spiro atoms. The lowest BCUT2D eigenvalue weighted by molar-refractivity contribution is -0.274. The van der Waals surface area contributed by atoms with Crippen molar-refractivity contribution in [2.24, 2.45) is 7.05 Å². The molecule has 1 heterocycles. The molecule has 2 amide bonds. The zero-order valence-corrected chi connectivity index (χ0v) is 21.2. The summed E-state index contributed by atoms with van der Waals surface area (Å²) in [4.78, 5) is 37.5. The zero-order chi connectivity index (χ0) is 28.7. The molecule has 10 nitrogen and oxygen atoms in total. The van der Waals surface area contributed by atoms with E-state index in [1.807, 2.05) is 0 Å². The molecule has 1 atom stereocenters. The third-order valence-electron chi connectivity index (χ3n) is 5.43. The molecule has 1 aromatic heterocycles. The van der Waals surface area contributed by atoms with E-state index in [-0.39, 0.29) is 24.5 Å². The van der Waals surface area contributed by atoms with Crippen LogP contribution in [0, 0.1) is 0 Å². The van der Waals surface area contributed by atoms with Crippen molar-refractivity contribution in [3.8, 4) is 28.4 Å². The average molecular weight is 550 g/mol. The van der Waals surface area contributed by atoms with Crippen molar-refractivity contribution in [1.29, 1.82) is 0 Å². The highest BCUT2D eigenvalue weighted by atomic mass is 19.4. The summed E-state index contributed by atoms with van der Waals surface area (Å²) in [5.41, 5.74) is 0.0494. The largest absolute Gasteiger partial charge is 0.573 e. The van der Waals surface area contributed by atoms with Crippen molar-refractivity contribution in [1.82, 2.24) is 9.88 Å². The van der Waals surface area contributed by atoms with E-state index >= 15 is 0 Å². The van der Waals surface area contributed by atoms with E-state index in [4.69, 9.17) is 9.47 Å². The number of aromatic nitrogens is 1. The summed E-state index contributed by atoms with van der Waals surface area (Å²) in [7, 11) is 2.81. The van der Waals surface area contributed by atoms with Gasteiger partial charge in [0.05, 0.1) is 26.2 Å². The molecule has 208 valence electrons. The van der Waals surface area contributed by atoms with Gasteiger partial charge in [-0.1, -0.05) is 12.1 Å². The number of urea groups is 1. The first-order valence-corrected chi connectivity index (χ1v) is 11.6. The Kier molecular flexibility index (Phi) is 9.07. The first kappa shape index (κ1) is 28.9. The van der Waals surface area contributed by atoms with Gasteiger partial charge in [0.1, 0.15) is 17.2 Å². The van der Waals surface area contributed by atoms with Crippen molar-refractivity contribution in [3.05, 3.63) is 70.6 Å². The molecule has 0 radical (unpaired) electrons. The third-order valence-corrected chi connectivity index (χ3v) is 5.43. The van der Waals surface area contributed by atoms with Crippen molar-refractivity contribution in [3.63, 3.8) is 0 Å². The SMILES string of the molecule is CCOC(=O)CC(NC(=O)Nc1c(O)ccn(C)c1=O)c1cc(OC)cc(-c2cccc(OC(F)(F)F)c2)c1. The lowest BCUT2D eigenvalue weighted by Gasteiger charge is -2.21. The van der Waals surface area contributed by atoms with Crippen molar-refractivity contribution in [2.45, 2.75) is 25.7 Å². The number of carbonyl (C=O) groups is 2. The number of aromatic hydroxyl groups is 1. The summed E-state index contributed by atoms with van der Waals surface area (Å²) < 4.78 is 53.7. The quantitative estimate of drug-likeness (QED) is 0.336. The van der Waals surface area contributed by atoms with Gasteiger partial charge in [-0.3, -0.25) is 9.59 Å². The van der Waals surface area contributed by atoms with Crippen LogP contribution in [-0.4, -0.2) is 41.8 Å². The Morgan fingerprint density at radius 3 is 2.46 bits per heavy atom. The fourth-order valence-corrected chi connectivity index (χ4v) is 3.66. The fourth-order valence-electron chi connectivity index (χ4n) is 3.66. The highest BCUT2D eigenvalue weighted by Gasteiger charge is 2.31. The van der Waals surface area contributed by atoms with E-state index in [0.29, 0.717) is 16.7 Å². The predicted molar refractivity (Wildman–Crippen MR) is 135 cm³/mol. The minimum Gasteiger partial charge on any atom is -0.505 e. The van der Waals surface area contributed by atoms with Crippen molar-refractivity contribution < 1.29 is 42.1 Å². The molecule has 3 rings (SSSR count). The molecule has 0 saturated heterocycles. The highest BCUT2D eigenvalue weighted by Crippen LogP contribution is 2.33. The fraction of sp³-hybridized carbons (Fsp3) is 0.269. The van der Waals surface area contributed by atoms with Crippen molar-refractivity contribution >= 4 is 17.7 Å². The van der Waals surface area contributed by atoms with E-state index < -0.39 is 41.5 Å². The minimum absolute atomic E-state index is 0.0844. The smallest absolute Gasteiger partial charge is 0.505 e. The number of aryl methyl sites for hydroxylation is 1. The molecule has 3 aromatic rings. The van der Waals surface area contributed by atoms with E-state index in [1.165, 1.54) is 44.6 Å². The van der Waals surface area contributed by atoms with Crippen LogP contribution < -0.4 is 25.7 Å². The maximum absolute atomic E-state index is 12.9. The molecule has 0 fully saturated rings. The van der Waals surface area contributed by atoms with E-state index in [1.54, 1.807) is 25.1 Å². The molecule has 39 heavy (non-hydrogen) atoms. The van der Waals surface area contributed by atoms with Crippen molar-refractivity contribution in [2.75, 3.05) is 19.0 Å². The Labute approximate surface area is 220 Å². The normalized spacial score (nSPS) is 11.8. The van der Waals surface area contributed by atoms with Crippen LogP contribution in [0.15, 0.2) is 59.5 Å². The molecule has 0 saturated carbocycles. The maximum atomic E-state index is 12.9. The van der Waals surface area contributed by atoms with E-state index in [0.717, 1.165) is 10.6 Å². The van der Waals surface area contributed by atoms with Gasteiger partial charge in [0, 0.05) is 13.2 Å². The Morgan fingerprint density at radius 2 is 1.79 bits per heavy atom. The van der Waals surface area contributed by atoms with E-state index in [9.17, 15) is 32.7 Å². The van der Waals surface area contributed by atoms with Gasteiger partial charge in [-0.2, -0.15) is 0 Å². The van der Waals surface area contributed by atoms with Gasteiger partial charge < -0.3 is 34.5 Å². The number of rotatable bonds is 9. The van der Waals surface area contributed by atoms with Crippen LogP contribution >= 0.6 is 0 Å². The van der Waals surface area contributed by atoms with Crippen LogP contribution in [0.4, 0.5) is 23.7 Å². The Hall–Kier alpha value is -4.68. The summed E-state index contributed by atoms with van der Waals surface area (Å²) in [5, 5.41) is 14.9. The van der Waals surface area contributed by atoms with Gasteiger partial charge in [0.25, 0.3) is 5.56 Å². The number of pyridine rings is 1. The molecule has 1 unspecified atom stereocenters. The second-order valence-electron chi connectivity index (χ2n) is 8.22. The minimum atomic E-state index is -4.88. The van der Waals surface area contributed by atoms with E-state index in [2.05, 4.69) is 15.4 Å². The number of nitrogens with one attached hydrogen (secondary N) is 2. The summed E-state index contributed by atoms with van der Waals surface area (Å²) in [6, 6.07) is 9.19. The number of methoxy groups -OCH3 is 1. The summed E-state index contributed by atoms with van der Waals surface area (Å²) in [6.45, 7) is 1.70. The van der Waals surface area contributed by atoms with Crippen LogP contribution in [0.1, 0.15) is 24.9 Å². The van der Waals surface area contributed by atoms with Gasteiger partial charge in [0.15, 0.2) is 5.69 Å². The number of ether oxygens (including phenoxy) is 3. The number of halogens is 3. The van der Waals surface area contributed by atoms with Gasteiger partial charge in [0.2, 0.25) is 0 Å². The summed E-state index contributed by atoms with van der Waals surface area (Å²) >= 11 is 0. The molecule has 0 aliphatic heterocycles. The number of carbonyl (C=O) groups excluding carboxylic acids is 2. The molecule has 2 aromatic carbocycles. The number of benzene rings is 2. The molecule has 13 heteroatoms. The molecule has 3 N–H and O–H groups in total. The first-order chi connectivity index (χ1) is 18.4. The number of esters is 1. The standard InChI is InChI=1S/C26H26F3N3O7/c1-4-38-22(34)14-20(30-25(36)31-23-21(33)8-9-32(2)24(23)35)17-10-16(12-19(13-17)37-3)15-6-5-7-18(11-15)39-26(27,28)29/h5-13,20,33H,4,14H2,1-3H3,(H2,30,31,36). The third kappa shape index (κ3) is 7.90. The highest BCUT2D eigenvalue weighted by molar-refractivity contribution is 5.91. The van der Waals surface area contributed by atoms with Gasteiger partial charge in [-0.05, 0) is 60.0 Å². The Balaban J connectivity index is 1.99. The number of nitrogens with zero attached hydrogens (tertiary/aromatic N) is 1. The first-order valence-electron chi connectivity index (χ1n) is 11.6. The predicted octanol–water partition coefficient (Wildman–Crippen LogP) is 4.48. The van der Waals surface area contributed by atoms with Gasteiger partial charge in [-0.15, -0.1) is 13.2 Å². The van der Waals surface area contributed by atoms with Crippen LogP contribution in [0.2, 0.25) is 0 Å². The topological polar surface area (TPSA) is 128 Å². The van der Waals surface area contributed by atoms with Crippen LogP contribution in [0.5, 0.6) is 17.2 Å². The summed E-state index contributed by atoms with van der Waals surface area (Å²) in [5.74, 6) is -1.25. The van der Waals surface area contributed by atoms with Gasteiger partial charge in [-0.25, -0.2) is 4.79 Å². The zero-order valence-electron chi connectivity index (χ0n) is 21.2. The summed E-state index contributed by atoms with van der Waals surface area (Å²) in [6.07, 6.45) is -3.89. The number of alkyl halides is 3. The molecular formula is C26H26F3N3O7. The number of amides is 2. The monoisotopic (exact) mass is 549 g/mol. The Bertz CT molecular complexity index is 1410. The number of hydrogen-bond acceptors (Lipinski definition) is 7. The number of anilines is 1. The Morgan fingerprint density at radius 1 is 1.08 bits per heavy atom. The lowest BCUT2D eigenvalue weighted by atomic mass is 9.97. The molecule has 0 aliphatic carbocycles. The van der Waals surface area contributed by atoms with Crippen LogP contribution in [0.25, 0.3) is 11.1 Å². The molecular weight excluding hydrogens is 523 g/mol. The lowest BCUT2D eigenvalue weighted by Crippen LogP contribution is -2.36. The second-order valence-corrected chi connectivity index (χ2v) is 8.22.